The molecular formula is C14H30N2. The van der Waals surface area contributed by atoms with Gasteiger partial charge in [0.05, 0.1) is 0 Å². The van der Waals surface area contributed by atoms with Crippen LogP contribution in [0.2, 0.25) is 0 Å². The van der Waals surface area contributed by atoms with Gasteiger partial charge in [-0.05, 0) is 38.1 Å². The van der Waals surface area contributed by atoms with E-state index < -0.39 is 0 Å². The second-order valence-electron chi connectivity index (χ2n) is 5.53. The van der Waals surface area contributed by atoms with E-state index in [9.17, 15) is 0 Å². The molecule has 0 aromatic carbocycles. The van der Waals surface area contributed by atoms with Gasteiger partial charge in [0.25, 0.3) is 0 Å². The number of rotatable bonds is 3. The highest BCUT2D eigenvalue weighted by atomic mass is 14.9. The quantitative estimate of drug-likeness (QED) is 0.776. The van der Waals surface area contributed by atoms with Crippen LogP contribution in [0.1, 0.15) is 65.2 Å². The second-order valence-corrected chi connectivity index (χ2v) is 5.53. The highest BCUT2D eigenvalue weighted by Crippen LogP contribution is 2.22. The van der Waals surface area contributed by atoms with Crippen LogP contribution in [0, 0.1) is 5.92 Å². The van der Waals surface area contributed by atoms with Crippen molar-refractivity contribution in [2.75, 3.05) is 6.54 Å². The van der Waals surface area contributed by atoms with Crippen LogP contribution in [0.3, 0.4) is 0 Å². The van der Waals surface area contributed by atoms with E-state index in [0.717, 1.165) is 18.5 Å². The molecule has 96 valence electrons. The van der Waals surface area contributed by atoms with E-state index in [1.165, 1.54) is 51.4 Å². The first-order valence-corrected chi connectivity index (χ1v) is 7.23. The zero-order chi connectivity index (χ0) is 11.8. The molecule has 2 heteroatoms. The van der Waals surface area contributed by atoms with Crippen LogP contribution >= 0.6 is 0 Å². The Hall–Kier alpha value is -0.0800. The maximum atomic E-state index is 5.89. The van der Waals surface area contributed by atoms with Crippen LogP contribution in [-0.4, -0.2) is 18.6 Å². The summed E-state index contributed by atoms with van der Waals surface area (Å²) in [6.45, 7) is 5.68. The Labute approximate surface area is 101 Å². The summed E-state index contributed by atoms with van der Waals surface area (Å²) in [6, 6.07) is 1.18. The maximum absolute atomic E-state index is 5.89. The van der Waals surface area contributed by atoms with Crippen molar-refractivity contribution < 1.29 is 0 Å². The van der Waals surface area contributed by atoms with Crippen LogP contribution in [-0.2, 0) is 0 Å². The van der Waals surface area contributed by atoms with Crippen molar-refractivity contribution in [3.05, 3.63) is 0 Å². The number of nitrogens with one attached hydrogen (secondary N) is 1. The molecule has 0 radical (unpaired) electrons. The van der Waals surface area contributed by atoms with E-state index in [4.69, 9.17) is 5.73 Å². The molecule has 3 N–H and O–H groups in total. The summed E-state index contributed by atoms with van der Waals surface area (Å²) in [6.07, 6.45) is 10.9. The SMILES string of the molecule is C1CCC1.CCCNC1CCC(N)CC1C. The van der Waals surface area contributed by atoms with Crippen molar-refractivity contribution in [2.45, 2.75) is 77.3 Å². The van der Waals surface area contributed by atoms with Crippen molar-refractivity contribution in [3.8, 4) is 0 Å². The molecular weight excluding hydrogens is 196 g/mol. The number of nitrogens with two attached hydrogens (primary N) is 1. The first-order valence-electron chi connectivity index (χ1n) is 7.23. The molecule has 2 aliphatic rings. The Morgan fingerprint density at radius 2 is 1.75 bits per heavy atom. The Bertz CT molecular complexity index is 160. The molecule has 0 aromatic rings. The molecule has 2 aliphatic carbocycles. The molecule has 0 aliphatic heterocycles. The Balaban J connectivity index is 0.000000267. The molecule has 0 aromatic heterocycles. The van der Waals surface area contributed by atoms with E-state index in [2.05, 4.69) is 19.2 Å². The zero-order valence-electron chi connectivity index (χ0n) is 11.2. The van der Waals surface area contributed by atoms with Crippen LogP contribution in [0.4, 0.5) is 0 Å². The smallest absolute Gasteiger partial charge is 0.00938 e. The van der Waals surface area contributed by atoms with Crippen LogP contribution in [0.15, 0.2) is 0 Å². The van der Waals surface area contributed by atoms with Gasteiger partial charge in [-0.2, -0.15) is 0 Å². The third-order valence-electron chi connectivity index (χ3n) is 3.87. The largest absolute Gasteiger partial charge is 0.328 e. The van der Waals surface area contributed by atoms with E-state index in [1.807, 2.05) is 0 Å². The van der Waals surface area contributed by atoms with E-state index in [1.54, 1.807) is 0 Å². The Morgan fingerprint density at radius 3 is 2.19 bits per heavy atom. The van der Waals surface area contributed by atoms with Gasteiger partial charge in [-0.15, -0.1) is 0 Å². The molecule has 0 amide bonds. The maximum Gasteiger partial charge on any atom is 0.00938 e. The first kappa shape index (κ1) is 14.0. The van der Waals surface area contributed by atoms with Gasteiger partial charge >= 0.3 is 0 Å². The molecule has 2 nitrogen and oxygen atoms in total. The zero-order valence-corrected chi connectivity index (χ0v) is 11.2. The molecule has 3 unspecified atom stereocenters. The molecule has 0 bridgehead atoms. The standard InChI is InChI=1S/C10H22N2.C4H8/c1-3-6-12-10-5-4-9(11)7-8(10)2;1-2-4-3-1/h8-10,12H,3-7,11H2,1-2H3;1-4H2. The van der Waals surface area contributed by atoms with Gasteiger partial charge in [-0.3, -0.25) is 0 Å². The molecule has 2 rings (SSSR count). The van der Waals surface area contributed by atoms with E-state index in [-0.39, 0.29) is 0 Å². The average molecular weight is 226 g/mol. The number of hydrogen-bond acceptors (Lipinski definition) is 2. The van der Waals surface area contributed by atoms with Crippen LogP contribution < -0.4 is 11.1 Å². The monoisotopic (exact) mass is 226 g/mol. The predicted octanol–water partition coefficient (Wildman–Crippen LogP) is 3.06. The highest BCUT2D eigenvalue weighted by molar-refractivity contribution is 4.83. The molecule has 2 fully saturated rings. The molecule has 16 heavy (non-hydrogen) atoms. The lowest BCUT2D eigenvalue weighted by Gasteiger charge is -2.33. The molecule has 2 saturated carbocycles. The van der Waals surface area contributed by atoms with Crippen molar-refractivity contribution in [3.63, 3.8) is 0 Å². The number of hydrogen-bond donors (Lipinski definition) is 2. The van der Waals surface area contributed by atoms with Gasteiger partial charge in [-0.25, -0.2) is 0 Å². The van der Waals surface area contributed by atoms with Gasteiger partial charge in [0.1, 0.15) is 0 Å². The Kier molecular flexibility index (Phi) is 7.06. The van der Waals surface area contributed by atoms with Gasteiger partial charge < -0.3 is 11.1 Å². The summed E-state index contributed by atoms with van der Waals surface area (Å²) in [4.78, 5) is 0. The fraction of sp³-hybridized carbons (Fsp3) is 1.00. The fourth-order valence-electron chi connectivity index (χ4n) is 2.32. The van der Waals surface area contributed by atoms with Gasteiger partial charge in [0, 0.05) is 12.1 Å². The van der Waals surface area contributed by atoms with Crippen molar-refractivity contribution >= 4 is 0 Å². The minimum Gasteiger partial charge on any atom is -0.328 e. The van der Waals surface area contributed by atoms with Gasteiger partial charge in [0.2, 0.25) is 0 Å². The fourth-order valence-corrected chi connectivity index (χ4v) is 2.32. The van der Waals surface area contributed by atoms with E-state index in [0.29, 0.717) is 6.04 Å². The molecule has 3 atom stereocenters. The minimum atomic E-state index is 0.458. The average Bonchev–Trinajstić information content (AvgIpc) is 2.14. The summed E-state index contributed by atoms with van der Waals surface area (Å²) >= 11 is 0. The minimum absolute atomic E-state index is 0.458. The lowest BCUT2D eigenvalue weighted by Crippen LogP contribution is -2.43. The second kappa shape index (κ2) is 8.08. The van der Waals surface area contributed by atoms with Crippen molar-refractivity contribution in [2.24, 2.45) is 11.7 Å². The third-order valence-corrected chi connectivity index (χ3v) is 3.87. The summed E-state index contributed by atoms with van der Waals surface area (Å²) in [5, 5.41) is 3.59. The van der Waals surface area contributed by atoms with Gasteiger partial charge in [0.15, 0.2) is 0 Å². The lowest BCUT2D eigenvalue weighted by atomic mass is 9.83. The summed E-state index contributed by atoms with van der Waals surface area (Å²) < 4.78 is 0. The summed E-state index contributed by atoms with van der Waals surface area (Å²) in [5.41, 5.74) is 5.89. The summed E-state index contributed by atoms with van der Waals surface area (Å²) in [5.74, 6) is 0.764. The summed E-state index contributed by atoms with van der Waals surface area (Å²) in [7, 11) is 0. The third kappa shape index (κ3) is 5.31. The highest BCUT2D eigenvalue weighted by Gasteiger charge is 2.24. The van der Waals surface area contributed by atoms with E-state index >= 15 is 0 Å². The predicted molar refractivity (Wildman–Crippen MR) is 71.5 cm³/mol. The topological polar surface area (TPSA) is 38.0 Å². The normalized spacial score (nSPS) is 33.6. The first-order chi connectivity index (χ1) is 7.74. The lowest BCUT2D eigenvalue weighted by molar-refractivity contribution is 0.258. The molecule has 0 heterocycles. The van der Waals surface area contributed by atoms with Crippen LogP contribution in [0.25, 0.3) is 0 Å². The van der Waals surface area contributed by atoms with Crippen molar-refractivity contribution in [1.29, 1.82) is 0 Å². The van der Waals surface area contributed by atoms with Crippen LogP contribution in [0.5, 0.6) is 0 Å². The Morgan fingerprint density at radius 1 is 1.12 bits per heavy atom. The molecule has 0 spiro atoms. The molecule has 0 saturated heterocycles. The van der Waals surface area contributed by atoms with Crippen molar-refractivity contribution in [1.82, 2.24) is 5.32 Å². The van der Waals surface area contributed by atoms with Gasteiger partial charge in [-0.1, -0.05) is 39.5 Å².